The molecule has 0 saturated heterocycles. The molecule has 162 valence electrons. The number of rotatable bonds is 5. The fourth-order valence-electron chi connectivity index (χ4n) is 3.64. The number of imidazole rings is 2. The van der Waals surface area contributed by atoms with Gasteiger partial charge in [-0.25, -0.2) is 18.4 Å². The smallest absolute Gasteiger partial charge is 0.198 e. The van der Waals surface area contributed by atoms with Crippen molar-refractivity contribution < 1.29 is 8.42 Å². The van der Waals surface area contributed by atoms with E-state index in [1.54, 1.807) is 31.3 Å². The molecule has 3 aromatic heterocycles. The molecule has 32 heavy (non-hydrogen) atoms. The van der Waals surface area contributed by atoms with Gasteiger partial charge < -0.3 is 15.7 Å². The summed E-state index contributed by atoms with van der Waals surface area (Å²) < 4.78 is 26.3. The van der Waals surface area contributed by atoms with Crippen molar-refractivity contribution in [2.45, 2.75) is 24.0 Å². The first-order valence-electron chi connectivity index (χ1n) is 10.1. The number of anilines is 1. The highest BCUT2D eigenvalue weighted by atomic mass is 32.2. The predicted octanol–water partition coefficient (Wildman–Crippen LogP) is 5.11. The molecule has 5 aromatic rings. The SMILES string of the molecule is CC(C)S(=O)(=O)c1cc(-c2nc(-c3cccs3)[nH]c2-c2ccccc2)cc2[nH]c(N)nc12. The van der Waals surface area contributed by atoms with E-state index in [1.807, 2.05) is 53.9 Å². The Bertz CT molecular complexity index is 1520. The summed E-state index contributed by atoms with van der Waals surface area (Å²) >= 11 is 1.58. The standard InChI is InChI=1S/C23H21N5O2S2/c1-13(2)32(29,30)18-12-15(11-16-21(18)28-23(24)25-16)20-19(14-7-4-3-5-8-14)26-22(27-20)17-9-6-10-31-17/h3-13H,1-2H3,(H,26,27)(H3,24,25,28). The fourth-order valence-corrected chi connectivity index (χ4v) is 5.53. The summed E-state index contributed by atoms with van der Waals surface area (Å²) in [4.78, 5) is 16.7. The zero-order valence-electron chi connectivity index (χ0n) is 17.5. The largest absolute Gasteiger partial charge is 0.369 e. The number of fused-ring (bicyclic) bond motifs is 1. The molecule has 0 fully saturated rings. The van der Waals surface area contributed by atoms with Crippen LogP contribution in [0.15, 0.2) is 64.9 Å². The lowest BCUT2D eigenvalue weighted by molar-refractivity contribution is 0.588. The van der Waals surface area contributed by atoms with Gasteiger partial charge >= 0.3 is 0 Å². The highest BCUT2D eigenvalue weighted by molar-refractivity contribution is 7.92. The molecule has 4 N–H and O–H groups in total. The Hall–Kier alpha value is -3.43. The van der Waals surface area contributed by atoms with Gasteiger partial charge in [0.25, 0.3) is 0 Å². The minimum absolute atomic E-state index is 0.146. The maximum atomic E-state index is 13.2. The quantitative estimate of drug-likeness (QED) is 0.335. The van der Waals surface area contributed by atoms with Gasteiger partial charge in [-0.2, -0.15) is 0 Å². The van der Waals surface area contributed by atoms with Crippen LogP contribution in [0.5, 0.6) is 0 Å². The lowest BCUT2D eigenvalue weighted by Gasteiger charge is -2.11. The Morgan fingerprint density at radius 2 is 1.75 bits per heavy atom. The molecule has 7 nitrogen and oxygen atoms in total. The number of hydrogen-bond acceptors (Lipinski definition) is 6. The number of nitrogens with zero attached hydrogens (tertiary/aromatic N) is 2. The Labute approximate surface area is 189 Å². The number of nitrogens with one attached hydrogen (secondary N) is 2. The Morgan fingerprint density at radius 3 is 2.44 bits per heavy atom. The first kappa shape index (κ1) is 20.5. The van der Waals surface area contributed by atoms with Crippen LogP contribution in [0.4, 0.5) is 5.95 Å². The number of hydrogen-bond donors (Lipinski definition) is 3. The zero-order valence-corrected chi connectivity index (χ0v) is 19.1. The topological polar surface area (TPSA) is 118 Å². The van der Waals surface area contributed by atoms with Crippen LogP contribution >= 0.6 is 11.3 Å². The van der Waals surface area contributed by atoms with Gasteiger partial charge in [0.05, 0.1) is 31.9 Å². The van der Waals surface area contributed by atoms with Crippen LogP contribution in [0.2, 0.25) is 0 Å². The summed E-state index contributed by atoms with van der Waals surface area (Å²) in [5.74, 6) is 0.897. The number of nitrogen functional groups attached to an aromatic ring is 1. The summed E-state index contributed by atoms with van der Waals surface area (Å²) in [6.45, 7) is 3.31. The van der Waals surface area contributed by atoms with Crippen LogP contribution in [-0.2, 0) is 9.84 Å². The van der Waals surface area contributed by atoms with Crippen molar-refractivity contribution in [2.24, 2.45) is 0 Å². The summed E-state index contributed by atoms with van der Waals surface area (Å²) in [6.07, 6.45) is 0. The Balaban J connectivity index is 1.81. The fraction of sp³-hybridized carbons (Fsp3) is 0.130. The van der Waals surface area contributed by atoms with E-state index in [9.17, 15) is 8.42 Å². The molecule has 0 aliphatic rings. The molecular formula is C23H21N5O2S2. The highest BCUT2D eigenvalue weighted by Crippen LogP contribution is 2.37. The molecule has 0 unspecified atom stereocenters. The lowest BCUT2D eigenvalue weighted by Crippen LogP contribution is -2.14. The van der Waals surface area contributed by atoms with E-state index < -0.39 is 15.1 Å². The molecule has 3 heterocycles. The van der Waals surface area contributed by atoms with E-state index >= 15 is 0 Å². The molecule has 9 heteroatoms. The lowest BCUT2D eigenvalue weighted by atomic mass is 10.0. The number of aromatic amines is 2. The number of aromatic nitrogens is 4. The van der Waals surface area contributed by atoms with Crippen molar-refractivity contribution in [1.82, 2.24) is 19.9 Å². The summed E-state index contributed by atoms with van der Waals surface area (Å²) in [5, 5.41) is 1.39. The van der Waals surface area contributed by atoms with E-state index in [1.165, 1.54) is 0 Å². The maximum Gasteiger partial charge on any atom is 0.198 e. The van der Waals surface area contributed by atoms with Crippen LogP contribution in [0.1, 0.15) is 13.8 Å². The summed E-state index contributed by atoms with van der Waals surface area (Å²) in [5.41, 5.74) is 9.87. The monoisotopic (exact) mass is 463 g/mol. The van der Waals surface area contributed by atoms with E-state index in [4.69, 9.17) is 10.7 Å². The number of benzene rings is 2. The van der Waals surface area contributed by atoms with Crippen molar-refractivity contribution >= 4 is 38.2 Å². The number of sulfone groups is 1. The Morgan fingerprint density at radius 1 is 0.969 bits per heavy atom. The second kappa shape index (κ2) is 7.61. The second-order valence-electron chi connectivity index (χ2n) is 7.74. The van der Waals surface area contributed by atoms with Crippen LogP contribution in [0.25, 0.3) is 44.2 Å². The van der Waals surface area contributed by atoms with Crippen LogP contribution in [-0.4, -0.2) is 33.6 Å². The third-order valence-corrected chi connectivity index (χ3v) is 8.33. The van der Waals surface area contributed by atoms with E-state index in [2.05, 4.69) is 15.0 Å². The van der Waals surface area contributed by atoms with Gasteiger partial charge in [-0.3, -0.25) is 0 Å². The molecular weight excluding hydrogens is 442 g/mol. The van der Waals surface area contributed by atoms with Crippen molar-refractivity contribution in [2.75, 3.05) is 5.73 Å². The number of H-pyrrole nitrogens is 2. The minimum Gasteiger partial charge on any atom is -0.369 e. The first-order chi connectivity index (χ1) is 15.3. The molecule has 0 spiro atoms. The van der Waals surface area contributed by atoms with Crippen LogP contribution in [0.3, 0.4) is 0 Å². The summed E-state index contributed by atoms with van der Waals surface area (Å²) in [6, 6.07) is 17.3. The van der Waals surface area contributed by atoms with Crippen molar-refractivity contribution in [3.8, 4) is 33.2 Å². The van der Waals surface area contributed by atoms with Gasteiger partial charge in [0.2, 0.25) is 0 Å². The molecule has 0 aliphatic heterocycles. The minimum atomic E-state index is -3.61. The number of nitrogens with two attached hydrogens (primary N) is 1. The first-order valence-corrected chi connectivity index (χ1v) is 12.5. The second-order valence-corrected chi connectivity index (χ2v) is 11.2. The van der Waals surface area contributed by atoms with Crippen molar-refractivity contribution in [3.63, 3.8) is 0 Å². The Kier molecular flexibility index (Phi) is 4.87. The average Bonchev–Trinajstić information content (AvgIpc) is 3.51. The zero-order chi connectivity index (χ0) is 22.5. The van der Waals surface area contributed by atoms with Gasteiger partial charge in [0, 0.05) is 11.1 Å². The molecule has 5 rings (SSSR count). The van der Waals surface area contributed by atoms with Crippen LogP contribution < -0.4 is 5.73 Å². The average molecular weight is 464 g/mol. The van der Waals surface area contributed by atoms with E-state index in [-0.39, 0.29) is 10.8 Å². The molecule has 0 bridgehead atoms. The highest BCUT2D eigenvalue weighted by Gasteiger charge is 2.26. The molecule has 0 saturated carbocycles. The molecule has 0 amide bonds. The molecule has 0 radical (unpaired) electrons. The van der Waals surface area contributed by atoms with E-state index in [0.29, 0.717) is 22.3 Å². The normalized spacial score (nSPS) is 12.1. The van der Waals surface area contributed by atoms with Gasteiger partial charge in [0.15, 0.2) is 15.8 Å². The van der Waals surface area contributed by atoms with E-state index in [0.717, 1.165) is 22.0 Å². The van der Waals surface area contributed by atoms with Gasteiger partial charge in [-0.05, 0) is 37.4 Å². The predicted molar refractivity (Wildman–Crippen MR) is 129 cm³/mol. The third-order valence-electron chi connectivity index (χ3n) is 5.29. The third kappa shape index (κ3) is 3.39. The van der Waals surface area contributed by atoms with Crippen molar-refractivity contribution in [1.29, 1.82) is 0 Å². The van der Waals surface area contributed by atoms with Gasteiger partial charge in [-0.1, -0.05) is 36.4 Å². The number of thiophene rings is 1. The van der Waals surface area contributed by atoms with Crippen LogP contribution in [0, 0.1) is 0 Å². The van der Waals surface area contributed by atoms with Gasteiger partial charge in [-0.15, -0.1) is 11.3 Å². The summed E-state index contributed by atoms with van der Waals surface area (Å²) in [7, 11) is -3.61. The molecule has 0 atom stereocenters. The van der Waals surface area contributed by atoms with Crippen molar-refractivity contribution in [3.05, 3.63) is 60.0 Å². The molecule has 2 aromatic carbocycles. The van der Waals surface area contributed by atoms with Gasteiger partial charge in [0.1, 0.15) is 11.3 Å². The molecule has 0 aliphatic carbocycles. The maximum absolute atomic E-state index is 13.2.